The largest absolute Gasteiger partial charge is 0.355 e. The fraction of sp³-hybridized carbons (Fsp3) is 0.353. The number of imide groups is 1. The number of carbonyl (C=O) groups is 3. The van der Waals surface area contributed by atoms with Crippen LogP contribution in [0.4, 0.5) is 5.69 Å². The Morgan fingerprint density at radius 3 is 2.83 bits per heavy atom. The molecule has 122 valence electrons. The standard InChI is InChI=1S/C17H14ClN3O3/c1-20-14(22)12-11-3-2-6-21(11)17(13(12)15(20)23)9-7-8(18)4-5-10(9)19-16(17)24/h2,4-7,11-13H,3H2,1H3,(H,19,24)/t11-,12+,13-,17+/m1/s1. The van der Waals surface area contributed by atoms with E-state index in [-0.39, 0.29) is 23.8 Å². The summed E-state index contributed by atoms with van der Waals surface area (Å²) in [5, 5.41) is 3.38. The highest BCUT2D eigenvalue weighted by molar-refractivity contribution is 6.31. The number of hydrogen-bond donors (Lipinski definition) is 1. The molecule has 0 aliphatic carbocycles. The van der Waals surface area contributed by atoms with E-state index in [1.54, 1.807) is 18.2 Å². The van der Waals surface area contributed by atoms with E-state index in [1.807, 2.05) is 17.2 Å². The summed E-state index contributed by atoms with van der Waals surface area (Å²) in [6.45, 7) is 0. The molecule has 0 saturated carbocycles. The molecule has 2 saturated heterocycles. The Morgan fingerprint density at radius 1 is 1.25 bits per heavy atom. The van der Waals surface area contributed by atoms with Crippen LogP contribution in [-0.4, -0.2) is 40.6 Å². The summed E-state index contributed by atoms with van der Waals surface area (Å²) in [4.78, 5) is 41.7. The van der Waals surface area contributed by atoms with Crippen molar-refractivity contribution in [3.8, 4) is 0 Å². The van der Waals surface area contributed by atoms with Gasteiger partial charge in [-0.1, -0.05) is 17.7 Å². The lowest BCUT2D eigenvalue weighted by Crippen LogP contribution is -2.52. The van der Waals surface area contributed by atoms with Gasteiger partial charge in [-0.15, -0.1) is 0 Å². The van der Waals surface area contributed by atoms with Crippen molar-refractivity contribution in [1.29, 1.82) is 0 Å². The fourth-order valence-electron chi connectivity index (χ4n) is 4.91. The molecular weight excluding hydrogens is 330 g/mol. The third-order valence-corrected chi connectivity index (χ3v) is 6.07. The van der Waals surface area contributed by atoms with Crippen LogP contribution in [0.3, 0.4) is 0 Å². The number of likely N-dealkylation sites (tertiary alicyclic amines) is 1. The topological polar surface area (TPSA) is 69.7 Å². The maximum atomic E-state index is 13.1. The molecule has 1 aromatic carbocycles. The van der Waals surface area contributed by atoms with Crippen LogP contribution in [0.25, 0.3) is 0 Å². The lowest BCUT2D eigenvalue weighted by atomic mass is 9.75. The maximum Gasteiger partial charge on any atom is 0.255 e. The summed E-state index contributed by atoms with van der Waals surface area (Å²) in [7, 11) is 1.50. The molecule has 1 aromatic rings. The van der Waals surface area contributed by atoms with Gasteiger partial charge in [-0.3, -0.25) is 19.3 Å². The second kappa shape index (κ2) is 4.19. The zero-order chi connectivity index (χ0) is 16.8. The van der Waals surface area contributed by atoms with Gasteiger partial charge in [-0.05, 0) is 30.8 Å². The van der Waals surface area contributed by atoms with E-state index < -0.39 is 17.4 Å². The van der Waals surface area contributed by atoms with Crippen LogP contribution in [0.5, 0.6) is 0 Å². The van der Waals surface area contributed by atoms with Crippen molar-refractivity contribution >= 4 is 35.0 Å². The lowest BCUT2D eigenvalue weighted by molar-refractivity contribution is -0.143. The van der Waals surface area contributed by atoms with Gasteiger partial charge in [0.1, 0.15) is 0 Å². The SMILES string of the molecule is CN1C(=O)[C@H]2[C@H]3CC=CN3[C@]3(C(=O)Nc4ccc(Cl)cc43)[C@H]2C1=O. The summed E-state index contributed by atoms with van der Waals surface area (Å²) in [5.41, 5.74) is 0.138. The van der Waals surface area contributed by atoms with Crippen LogP contribution in [-0.2, 0) is 19.9 Å². The average molecular weight is 344 g/mol. The molecule has 6 nitrogen and oxygen atoms in total. The number of nitrogens with zero attached hydrogens (tertiary/aromatic N) is 2. The first kappa shape index (κ1) is 14.0. The number of hydrogen-bond acceptors (Lipinski definition) is 4. The number of carbonyl (C=O) groups excluding carboxylic acids is 3. The van der Waals surface area contributed by atoms with Crippen molar-refractivity contribution in [1.82, 2.24) is 9.80 Å². The van der Waals surface area contributed by atoms with Crippen molar-refractivity contribution in [2.45, 2.75) is 18.0 Å². The molecule has 4 aliphatic rings. The van der Waals surface area contributed by atoms with Crippen LogP contribution < -0.4 is 5.32 Å². The minimum absolute atomic E-state index is 0.174. The van der Waals surface area contributed by atoms with E-state index in [4.69, 9.17) is 11.6 Å². The van der Waals surface area contributed by atoms with Crippen molar-refractivity contribution < 1.29 is 14.4 Å². The first-order chi connectivity index (χ1) is 11.5. The van der Waals surface area contributed by atoms with Crippen LogP contribution in [0, 0.1) is 11.8 Å². The maximum absolute atomic E-state index is 13.1. The van der Waals surface area contributed by atoms with Crippen LogP contribution in [0.1, 0.15) is 12.0 Å². The Kier molecular flexibility index (Phi) is 2.45. The highest BCUT2D eigenvalue weighted by Gasteiger charge is 2.73. The van der Waals surface area contributed by atoms with Gasteiger partial charge in [0.2, 0.25) is 11.8 Å². The highest BCUT2D eigenvalue weighted by Crippen LogP contribution is 2.60. The zero-order valence-electron chi connectivity index (χ0n) is 12.8. The van der Waals surface area contributed by atoms with Gasteiger partial charge in [-0.2, -0.15) is 0 Å². The number of halogens is 1. The van der Waals surface area contributed by atoms with Gasteiger partial charge in [0.25, 0.3) is 5.91 Å². The van der Waals surface area contributed by atoms with E-state index in [2.05, 4.69) is 5.32 Å². The fourth-order valence-corrected chi connectivity index (χ4v) is 5.08. The number of benzene rings is 1. The van der Waals surface area contributed by atoms with Crippen molar-refractivity contribution in [3.05, 3.63) is 41.1 Å². The number of amides is 3. The Morgan fingerprint density at radius 2 is 2.04 bits per heavy atom. The molecule has 7 heteroatoms. The molecule has 0 unspecified atom stereocenters. The zero-order valence-corrected chi connectivity index (χ0v) is 13.6. The number of nitrogens with one attached hydrogen (secondary N) is 1. The molecule has 0 radical (unpaired) electrons. The Hall–Kier alpha value is -2.34. The molecule has 5 rings (SSSR count). The van der Waals surface area contributed by atoms with Crippen LogP contribution in [0.2, 0.25) is 5.02 Å². The van der Waals surface area contributed by atoms with E-state index in [0.717, 1.165) is 0 Å². The molecule has 4 atom stereocenters. The first-order valence-corrected chi connectivity index (χ1v) is 8.23. The molecule has 4 aliphatic heterocycles. The average Bonchev–Trinajstić information content (AvgIpc) is 3.24. The molecule has 0 bridgehead atoms. The van der Waals surface area contributed by atoms with Gasteiger partial charge >= 0.3 is 0 Å². The Bertz CT molecular complexity index is 867. The van der Waals surface area contributed by atoms with Crippen molar-refractivity contribution in [2.75, 3.05) is 12.4 Å². The number of fused-ring (bicyclic) bond motifs is 7. The summed E-state index contributed by atoms with van der Waals surface area (Å²) >= 11 is 6.17. The third kappa shape index (κ3) is 1.30. The van der Waals surface area contributed by atoms with Crippen molar-refractivity contribution in [3.63, 3.8) is 0 Å². The van der Waals surface area contributed by atoms with E-state index >= 15 is 0 Å². The molecule has 24 heavy (non-hydrogen) atoms. The third-order valence-electron chi connectivity index (χ3n) is 5.83. The molecule has 4 heterocycles. The Labute approximate surface area is 143 Å². The normalized spacial score (nSPS) is 35.8. The molecule has 1 N–H and O–H groups in total. The Balaban J connectivity index is 1.82. The second-order valence-corrected chi connectivity index (χ2v) is 7.18. The molecule has 0 aromatic heterocycles. The van der Waals surface area contributed by atoms with E-state index in [0.29, 0.717) is 22.7 Å². The van der Waals surface area contributed by atoms with Gasteiger partial charge in [0.05, 0.1) is 11.8 Å². The minimum Gasteiger partial charge on any atom is -0.355 e. The van der Waals surface area contributed by atoms with Crippen LogP contribution in [0.15, 0.2) is 30.5 Å². The molecule has 3 amide bonds. The number of anilines is 1. The van der Waals surface area contributed by atoms with Gasteiger partial charge < -0.3 is 10.2 Å². The molecule has 1 spiro atoms. The summed E-state index contributed by atoms with van der Waals surface area (Å²) < 4.78 is 0. The lowest BCUT2D eigenvalue weighted by Gasteiger charge is -2.36. The summed E-state index contributed by atoms with van der Waals surface area (Å²) in [5.74, 6) is -1.99. The van der Waals surface area contributed by atoms with E-state index in [9.17, 15) is 14.4 Å². The van der Waals surface area contributed by atoms with E-state index in [1.165, 1.54) is 11.9 Å². The highest BCUT2D eigenvalue weighted by atomic mass is 35.5. The molecule has 2 fully saturated rings. The minimum atomic E-state index is -1.19. The summed E-state index contributed by atoms with van der Waals surface area (Å²) in [6, 6.07) is 5.01. The second-order valence-electron chi connectivity index (χ2n) is 6.74. The monoisotopic (exact) mass is 343 g/mol. The summed E-state index contributed by atoms with van der Waals surface area (Å²) in [6.07, 6.45) is 4.45. The van der Waals surface area contributed by atoms with Gasteiger partial charge in [-0.25, -0.2) is 0 Å². The predicted octanol–water partition coefficient (Wildman–Crippen LogP) is 1.32. The first-order valence-electron chi connectivity index (χ1n) is 7.86. The molecular formula is C17H14ClN3O3. The van der Waals surface area contributed by atoms with Crippen LogP contribution >= 0.6 is 11.6 Å². The smallest absolute Gasteiger partial charge is 0.255 e. The number of rotatable bonds is 0. The quantitative estimate of drug-likeness (QED) is 0.721. The predicted molar refractivity (Wildman–Crippen MR) is 85.9 cm³/mol. The van der Waals surface area contributed by atoms with Gasteiger partial charge in [0.15, 0.2) is 5.54 Å². The van der Waals surface area contributed by atoms with Crippen molar-refractivity contribution in [2.24, 2.45) is 11.8 Å². The van der Waals surface area contributed by atoms with Gasteiger partial charge in [0, 0.05) is 29.4 Å².